The average Bonchev–Trinajstić information content (AvgIpc) is 2.43. The van der Waals surface area contributed by atoms with Crippen LogP contribution in [0.5, 0.6) is 0 Å². The van der Waals surface area contributed by atoms with Gasteiger partial charge in [-0.3, -0.25) is 0 Å². The lowest BCUT2D eigenvalue weighted by Gasteiger charge is -2.35. The van der Waals surface area contributed by atoms with Gasteiger partial charge in [0.15, 0.2) is 0 Å². The molecule has 19 heavy (non-hydrogen) atoms. The minimum absolute atomic E-state index is 0.187. The molecule has 0 aliphatic heterocycles. The molecule has 2 N–H and O–H groups in total. The first kappa shape index (κ1) is 16.1. The minimum atomic E-state index is -0.590. The second kappa shape index (κ2) is 7.61. The van der Waals surface area contributed by atoms with Crippen molar-refractivity contribution in [2.45, 2.75) is 45.6 Å². The van der Waals surface area contributed by atoms with Crippen LogP contribution in [0.3, 0.4) is 0 Å². The largest absolute Gasteiger partial charge is 0.320 e. The normalized spacial score (nSPS) is 14.6. The van der Waals surface area contributed by atoms with E-state index < -0.39 is 5.54 Å². The van der Waals surface area contributed by atoms with E-state index in [4.69, 9.17) is 5.73 Å². The first-order chi connectivity index (χ1) is 9.07. The fraction of sp³-hybridized carbons (Fsp3) is 0.625. The Labute approximate surface area is 116 Å². The lowest BCUT2D eigenvalue weighted by atomic mass is 9.85. The molecule has 3 heteroatoms. The highest BCUT2D eigenvalue weighted by molar-refractivity contribution is 5.26. The number of nitrogens with zero attached hydrogens (tertiary/aromatic N) is 1. The number of rotatable bonds is 8. The van der Waals surface area contributed by atoms with Crippen molar-refractivity contribution in [2.24, 2.45) is 5.73 Å². The van der Waals surface area contributed by atoms with Crippen LogP contribution in [0, 0.1) is 5.82 Å². The molecule has 0 aliphatic rings. The second-order valence-electron chi connectivity index (χ2n) is 5.20. The van der Waals surface area contributed by atoms with Crippen LogP contribution in [0.15, 0.2) is 24.3 Å². The van der Waals surface area contributed by atoms with E-state index in [-0.39, 0.29) is 5.82 Å². The Morgan fingerprint density at radius 3 is 2.32 bits per heavy atom. The number of halogens is 1. The van der Waals surface area contributed by atoms with Crippen molar-refractivity contribution >= 4 is 0 Å². The molecule has 0 aromatic heterocycles. The molecule has 2 nitrogen and oxygen atoms in total. The van der Waals surface area contributed by atoms with Gasteiger partial charge in [0, 0.05) is 12.1 Å². The molecule has 1 rings (SSSR count). The van der Waals surface area contributed by atoms with Crippen molar-refractivity contribution in [3.05, 3.63) is 35.6 Å². The van der Waals surface area contributed by atoms with Crippen LogP contribution in [0.2, 0.25) is 0 Å². The number of likely N-dealkylation sites (N-methyl/N-ethyl adjacent to an activating group) is 1. The second-order valence-corrected chi connectivity index (χ2v) is 5.20. The van der Waals surface area contributed by atoms with Gasteiger partial charge in [-0.05, 0) is 25.6 Å². The topological polar surface area (TPSA) is 29.3 Å². The van der Waals surface area contributed by atoms with Gasteiger partial charge in [0.25, 0.3) is 0 Å². The number of nitrogens with two attached hydrogens (primary N) is 1. The van der Waals surface area contributed by atoms with Gasteiger partial charge in [-0.15, -0.1) is 0 Å². The molecule has 1 aromatic carbocycles. The van der Waals surface area contributed by atoms with Gasteiger partial charge >= 0.3 is 0 Å². The third kappa shape index (κ3) is 4.29. The summed E-state index contributed by atoms with van der Waals surface area (Å²) in [6, 6.07) is 6.92. The van der Waals surface area contributed by atoms with Gasteiger partial charge in [-0.2, -0.15) is 0 Å². The standard InChI is InChI=1S/C16H27FN2/c1-4-7-12-16(18,13-19(5-2)6-3)14-10-8-9-11-15(14)17/h8-11H,4-7,12-13,18H2,1-3H3. The molecule has 0 spiro atoms. The molecule has 0 bridgehead atoms. The Morgan fingerprint density at radius 2 is 1.79 bits per heavy atom. The van der Waals surface area contributed by atoms with Crippen LogP contribution in [-0.2, 0) is 5.54 Å². The van der Waals surface area contributed by atoms with Gasteiger partial charge < -0.3 is 10.6 Å². The summed E-state index contributed by atoms with van der Waals surface area (Å²) in [6.45, 7) is 8.96. The van der Waals surface area contributed by atoms with Gasteiger partial charge in [0.05, 0.1) is 5.54 Å². The van der Waals surface area contributed by atoms with Crippen LogP contribution < -0.4 is 5.73 Å². The molecule has 0 fully saturated rings. The monoisotopic (exact) mass is 266 g/mol. The Bertz CT molecular complexity index is 377. The van der Waals surface area contributed by atoms with E-state index >= 15 is 0 Å². The highest BCUT2D eigenvalue weighted by Crippen LogP contribution is 2.28. The Morgan fingerprint density at radius 1 is 1.16 bits per heavy atom. The summed E-state index contributed by atoms with van der Waals surface area (Å²) in [7, 11) is 0. The van der Waals surface area contributed by atoms with Crippen molar-refractivity contribution in [1.82, 2.24) is 4.90 Å². The average molecular weight is 266 g/mol. The van der Waals surface area contributed by atoms with Crippen molar-refractivity contribution in [3.8, 4) is 0 Å². The smallest absolute Gasteiger partial charge is 0.128 e. The molecule has 108 valence electrons. The maximum Gasteiger partial charge on any atom is 0.128 e. The Kier molecular flexibility index (Phi) is 6.46. The highest BCUT2D eigenvalue weighted by Gasteiger charge is 2.31. The van der Waals surface area contributed by atoms with Crippen molar-refractivity contribution in [1.29, 1.82) is 0 Å². The Balaban J connectivity index is 3.01. The lowest BCUT2D eigenvalue weighted by Crippen LogP contribution is -2.48. The molecule has 0 aliphatic carbocycles. The summed E-state index contributed by atoms with van der Waals surface area (Å²) in [5.74, 6) is -0.187. The number of hydrogen-bond acceptors (Lipinski definition) is 2. The maximum atomic E-state index is 14.1. The molecule has 1 atom stereocenters. The quantitative estimate of drug-likeness (QED) is 0.780. The summed E-state index contributed by atoms with van der Waals surface area (Å²) >= 11 is 0. The fourth-order valence-corrected chi connectivity index (χ4v) is 2.50. The molecule has 0 heterocycles. The lowest BCUT2D eigenvalue weighted by molar-refractivity contribution is 0.210. The van der Waals surface area contributed by atoms with E-state index in [1.165, 1.54) is 6.07 Å². The van der Waals surface area contributed by atoms with Crippen LogP contribution in [0.4, 0.5) is 4.39 Å². The molecule has 0 saturated carbocycles. The van der Waals surface area contributed by atoms with E-state index in [0.29, 0.717) is 12.1 Å². The molecule has 1 unspecified atom stereocenters. The summed E-state index contributed by atoms with van der Waals surface area (Å²) in [6.07, 6.45) is 2.92. The molecule has 1 aromatic rings. The van der Waals surface area contributed by atoms with E-state index in [9.17, 15) is 4.39 Å². The maximum absolute atomic E-state index is 14.1. The molecular weight excluding hydrogens is 239 g/mol. The molecule has 0 saturated heterocycles. The third-order valence-electron chi connectivity index (χ3n) is 3.79. The van der Waals surface area contributed by atoms with Crippen molar-refractivity contribution in [3.63, 3.8) is 0 Å². The third-order valence-corrected chi connectivity index (χ3v) is 3.79. The number of benzene rings is 1. The van der Waals surface area contributed by atoms with Gasteiger partial charge in [-0.1, -0.05) is 51.8 Å². The minimum Gasteiger partial charge on any atom is -0.320 e. The predicted octanol–water partition coefficient (Wildman–Crippen LogP) is 3.51. The summed E-state index contributed by atoms with van der Waals surface area (Å²) < 4.78 is 14.1. The van der Waals surface area contributed by atoms with Gasteiger partial charge in [-0.25, -0.2) is 4.39 Å². The van der Waals surface area contributed by atoms with E-state index in [2.05, 4.69) is 25.7 Å². The van der Waals surface area contributed by atoms with E-state index in [0.717, 1.165) is 32.4 Å². The molecule has 0 radical (unpaired) electrons. The van der Waals surface area contributed by atoms with Crippen LogP contribution in [0.1, 0.15) is 45.6 Å². The summed E-state index contributed by atoms with van der Waals surface area (Å²) in [5.41, 5.74) is 6.64. The summed E-state index contributed by atoms with van der Waals surface area (Å²) in [5, 5.41) is 0. The van der Waals surface area contributed by atoms with E-state index in [1.54, 1.807) is 6.07 Å². The molecule has 0 amide bonds. The van der Waals surface area contributed by atoms with E-state index in [1.807, 2.05) is 12.1 Å². The first-order valence-electron chi connectivity index (χ1n) is 7.33. The zero-order chi connectivity index (χ0) is 14.3. The Hall–Kier alpha value is -0.930. The SMILES string of the molecule is CCCCC(N)(CN(CC)CC)c1ccccc1F. The highest BCUT2D eigenvalue weighted by atomic mass is 19.1. The van der Waals surface area contributed by atoms with Crippen LogP contribution in [-0.4, -0.2) is 24.5 Å². The summed E-state index contributed by atoms with van der Waals surface area (Å²) in [4.78, 5) is 2.27. The van der Waals surface area contributed by atoms with Gasteiger partial charge in [0.2, 0.25) is 0 Å². The zero-order valence-electron chi connectivity index (χ0n) is 12.5. The van der Waals surface area contributed by atoms with Crippen molar-refractivity contribution < 1.29 is 4.39 Å². The number of hydrogen-bond donors (Lipinski definition) is 1. The fourth-order valence-electron chi connectivity index (χ4n) is 2.50. The van der Waals surface area contributed by atoms with Crippen LogP contribution >= 0.6 is 0 Å². The number of unbranched alkanes of at least 4 members (excludes halogenated alkanes) is 1. The predicted molar refractivity (Wildman–Crippen MR) is 79.6 cm³/mol. The van der Waals surface area contributed by atoms with Crippen molar-refractivity contribution in [2.75, 3.05) is 19.6 Å². The molecular formula is C16H27FN2. The zero-order valence-corrected chi connectivity index (χ0v) is 12.5. The van der Waals surface area contributed by atoms with Gasteiger partial charge in [0.1, 0.15) is 5.82 Å². The first-order valence-corrected chi connectivity index (χ1v) is 7.33. The van der Waals surface area contributed by atoms with Crippen LogP contribution in [0.25, 0.3) is 0 Å².